The molecule has 0 aliphatic heterocycles. The van der Waals surface area contributed by atoms with E-state index in [1.165, 1.54) is 5.56 Å². The van der Waals surface area contributed by atoms with Gasteiger partial charge in [-0.1, -0.05) is 49.2 Å². The molecule has 2 N–H and O–H groups in total. The van der Waals surface area contributed by atoms with Crippen LogP contribution in [0.4, 0.5) is 0 Å². The normalized spacial score (nSPS) is 15.8. The van der Waals surface area contributed by atoms with Crippen molar-refractivity contribution in [2.45, 2.75) is 31.2 Å². The number of pyridine rings is 1. The summed E-state index contributed by atoms with van der Waals surface area (Å²) in [6.45, 7) is 0. The number of hydrogen-bond acceptors (Lipinski definition) is 3. The number of hydrogen-bond donors (Lipinski definition) is 2. The lowest BCUT2D eigenvalue weighted by atomic mass is 9.88. The summed E-state index contributed by atoms with van der Waals surface area (Å²) in [5.74, 6) is -0.125. The molecule has 0 saturated heterocycles. The van der Waals surface area contributed by atoms with E-state index in [9.17, 15) is 4.79 Å². The SMILES string of the molecule is O=C(NC1(c2ccccc2)CCCC1)c1cc(-c2ccccn2)n[nH]1. The molecular weight excluding hydrogens is 312 g/mol. The highest BCUT2D eigenvalue weighted by molar-refractivity contribution is 5.93. The molecule has 0 radical (unpaired) electrons. The first-order chi connectivity index (χ1) is 12.3. The van der Waals surface area contributed by atoms with E-state index in [1.807, 2.05) is 36.4 Å². The largest absolute Gasteiger partial charge is 0.341 e. The van der Waals surface area contributed by atoms with Crippen LogP contribution < -0.4 is 5.32 Å². The molecule has 0 spiro atoms. The highest BCUT2D eigenvalue weighted by atomic mass is 16.2. The number of carbonyl (C=O) groups is 1. The summed E-state index contributed by atoms with van der Waals surface area (Å²) in [6.07, 6.45) is 5.88. The van der Waals surface area contributed by atoms with E-state index in [2.05, 4.69) is 32.6 Å². The Bertz CT molecular complexity index is 852. The Kier molecular flexibility index (Phi) is 4.06. The van der Waals surface area contributed by atoms with Crippen LogP contribution in [0, 0.1) is 0 Å². The predicted octanol–water partition coefficient (Wildman–Crippen LogP) is 3.67. The van der Waals surface area contributed by atoms with E-state index in [0.717, 1.165) is 31.4 Å². The summed E-state index contributed by atoms with van der Waals surface area (Å²) < 4.78 is 0. The zero-order valence-electron chi connectivity index (χ0n) is 13.9. The lowest BCUT2D eigenvalue weighted by Gasteiger charge is -2.30. The maximum absolute atomic E-state index is 12.8. The van der Waals surface area contributed by atoms with Crippen molar-refractivity contribution >= 4 is 5.91 Å². The molecule has 1 saturated carbocycles. The molecule has 1 amide bonds. The smallest absolute Gasteiger partial charge is 0.270 e. The van der Waals surface area contributed by atoms with Crippen molar-refractivity contribution in [2.75, 3.05) is 0 Å². The van der Waals surface area contributed by atoms with Crippen LogP contribution in [-0.2, 0) is 5.54 Å². The number of nitrogens with one attached hydrogen (secondary N) is 2. The highest BCUT2D eigenvalue weighted by Crippen LogP contribution is 2.38. The number of aromatic nitrogens is 3. The fourth-order valence-corrected chi connectivity index (χ4v) is 3.59. The highest BCUT2D eigenvalue weighted by Gasteiger charge is 2.37. The van der Waals surface area contributed by atoms with Gasteiger partial charge in [0.15, 0.2) is 0 Å². The molecule has 126 valence electrons. The number of aromatic amines is 1. The average molecular weight is 332 g/mol. The molecule has 1 fully saturated rings. The number of H-pyrrole nitrogens is 1. The van der Waals surface area contributed by atoms with Crippen molar-refractivity contribution in [3.8, 4) is 11.4 Å². The first-order valence-corrected chi connectivity index (χ1v) is 8.62. The van der Waals surface area contributed by atoms with Gasteiger partial charge in [0, 0.05) is 6.20 Å². The van der Waals surface area contributed by atoms with Gasteiger partial charge in [0.25, 0.3) is 5.91 Å². The maximum atomic E-state index is 12.8. The molecule has 1 aliphatic rings. The van der Waals surface area contributed by atoms with Gasteiger partial charge >= 0.3 is 0 Å². The molecule has 1 aromatic carbocycles. The van der Waals surface area contributed by atoms with Crippen molar-refractivity contribution in [3.63, 3.8) is 0 Å². The topological polar surface area (TPSA) is 70.7 Å². The third-order valence-electron chi connectivity index (χ3n) is 4.89. The first-order valence-electron chi connectivity index (χ1n) is 8.62. The van der Waals surface area contributed by atoms with Gasteiger partial charge in [-0.05, 0) is 36.6 Å². The third kappa shape index (κ3) is 3.05. The molecule has 3 aromatic rings. The molecule has 25 heavy (non-hydrogen) atoms. The van der Waals surface area contributed by atoms with Crippen molar-refractivity contribution in [1.82, 2.24) is 20.5 Å². The molecular formula is C20H20N4O. The first kappa shape index (κ1) is 15.6. The van der Waals surface area contributed by atoms with Crippen LogP contribution in [0.2, 0.25) is 0 Å². The fourth-order valence-electron chi connectivity index (χ4n) is 3.59. The number of amides is 1. The molecule has 0 unspecified atom stereocenters. The summed E-state index contributed by atoms with van der Waals surface area (Å²) in [4.78, 5) is 17.1. The van der Waals surface area contributed by atoms with Crippen molar-refractivity contribution < 1.29 is 4.79 Å². The van der Waals surface area contributed by atoms with Gasteiger partial charge in [-0.25, -0.2) is 0 Å². The fraction of sp³-hybridized carbons (Fsp3) is 0.250. The van der Waals surface area contributed by atoms with Crippen LogP contribution in [0.15, 0.2) is 60.8 Å². The van der Waals surface area contributed by atoms with Gasteiger partial charge in [0.2, 0.25) is 0 Å². The minimum absolute atomic E-state index is 0.125. The second-order valence-corrected chi connectivity index (χ2v) is 6.49. The summed E-state index contributed by atoms with van der Waals surface area (Å²) >= 11 is 0. The molecule has 0 atom stereocenters. The Morgan fingerprint density at radius 3 is 2.48 bits per heavy atom. The number of carbonyl (C=O) groups excluding carboxylic acids is 1. The van der Waals surface area contributed by atoms with Crippen molar-refractivity contribution in [1.29, 1.82) is 0 Å². The zero-order chi connectivity index (χ0) is 17.1. The van der Waals surface area contributed by atoms with Crippen LogP contribution >= 0.6 is 0 Å². The zero-order valence-corrected chi connectivity index (χ0v) is 13.9. The standard InChI is InChI=1S/C20H20N4O/c25-19(18-14-17(23-24-18)16-10-4-7-13-21-16)22-20(11-5-6-12-20)15-8-2-1-3-9-15/h1-4,7-10,13-14H,5-6,11-12H2,(H,22,25)(H,23,24). The lowest BCUT2D eigenvalue weighted by molar-refractivity contribution is 0.0893. The number of rotatable bonds is 4. The molecule has 5 nitrogen and oxygen atoms in total. The summed E-state index contributed by atoms with van der Waals surface area (Å²) in [6, 6.07) is 17.6. The van der Waals surface area contributed by atoms with Gasteiger partial charge < -0.3 is 5.32 Å². The molecule has 0 bridgehead atoms. The average Bonchev–Trinajstić information content (AvgIpc) is 3.34. The van der Waals surface area contributed by atoms with Crippen LogP contribution in [0.5, 0.6) is 0 Å². The lowest BCUT2D eigenvalue weighted by Crippen LogP contribution is -2.43. The van der Waals surface area contributed by atoms with E-state index >= 15 is 0 Å². The van der Waals surface area contributed by atoms with Gasteiger partial charge in [-0.2, -0.15) is 5.10 Å². The number of nitrogens with zero attached hydrogens (tertiary/aromatic N) is 2. The van der Waals surface area contributed by atoms with Crippen LogP contribution in [0.25, 0.3) is 11.4 Å². The van der Waals surface area contributed by atoms with Gasteiger partial charge in [0.05, 0.1) is 11.2 Å². The van der Waals surface area contributed by atoms with E-state index in [1.54, 1.807) is 12.3 Å². The van der Waals surface area contributed by atoms with Crippen LogP contribution in [-0.4, -0.2) is 21.1 Å². The van der Waals surface area contributed by atoms with Crippen LogP contribution in [0.3, 0.4) is 0 Å². The number of benzene rings is 1. The van der Waals surface area contributed by atoms with Gasteiger partial charge in [0.1, 0.15) is 11.4 Å². The van der Waals surface area contributed by atoms with E-state index in [0.29, 0.717) is 11.4 Å². The quantitative estimate of drug-likeness (QED) is 0.766. The van der Waals surface area contributed by atoms with Crippen LogP contribution in [0.1, 0.15) is 41.7 Å². The second-order valence-electron chi connectivity index (χ2n) is 6.49. The van der Waals surface area contributed by atoms with Gasteiger partial charge in [-0.3, -0.25) is 14.9 Å². The minimum Gasteiger partial charge on any atom is -0.341 e. The summed E-state index contributed by atoms with van der Waals surface area (Å²) in [5, 5.41) is 10.3. The Hall–Kier alpha value is -2.95. The Morgan fingerprint density at radius 1 is 1.00 bits per heavy atom. The molecule has 4 rings (SSSR count). The maximum Gasteiger partial charge on any atom is 0.270 e. The molecule has 5 heteroatoms. The summed E-state index contributed by atoms with van der Waals surface area (Å²) in [7, 11) is 0. The minimum atomic E-state index is -0.283. The van der Waals surface area contributed by atoms with E-state index in [-0.39, 0.29) is 11.4 Å². The van der Waals surface area contributed by atoms with Gasteiger partial charge in [-0.15, -0.1) is 0 Å². The Labute approximate surface area is 146 Å². The molecule has 2 aromatic heterocycles. The Morgan fingerprint density at radius 2 is 1.76 bits per heavy atom. The van der Waals surface area contributed by atoms with E-state index in [4.69, 9.17) is 0 Å². The van der Waals surface area contributed by atoms with E-state index < -0.39 is 0 Å². The van der Waals surface area contributed by atoms with Crippen molar-refractivity contribution in [2.24, 2.45) is 0 Å². The second kappa shape index (κ2) is 6.51. The Balaban J connectivity index is 1.58. The van der Waals surface area contributed by atoms with Crippen molar-refractivity contribution in [3.05, 3.63) is 72.1 Å². The molecule has 2 heterocycles. The summed E-state index contributed by atoms with van der Waals surface area (Å²) in [5.41, 5.74) is 2.77. The third-order valence-corrected chi connectivity index (χ3v) is 4.89. The predicted molar refractivity (Wildman–Crippen MR) is 95.9 cm³/mol. The monoisotopic (exact) mass is 332 g/mol. The molecule has 1 aliphatic carbocycles.